The van der Waals surface area contributed by atoms with Crippen LogP contribution in [-0.2, 0) is 9.59 Å². The first-order valence-electron chi connectivity index (χ1n) is 10.8. The minimum atomic E-state index is -1.04. The lowest BCUT2D eigenvalue weighted by atomic mass is 9.95. The Kier molecular flexibility index (Phi) is 5.82. The molecule has 1 N–H and O–H groups in total. The van der Waals surface area contributed by atoms with Gasteiger partial charge in [0.1, 0.15) is 5.76 Å². The second kappa shape index (κ2) is 8.85. The van der Waals surface area contributed by atoms with Gasteiger partial charge in [0.2, 0.25) is 0 Å². The molecule has 0 saturated carbocycles. The topological polar surface area (TPSA) is 114 Å². The van der Waals surface area contributed by atoms with Gasteiger partial charge in [-0.1, -0.05) is 29.0 Å². The predicted molar refractivity (Wildman–Crippen MR) is 138 cm³/mol. The largest absolute Gasteiger partial charge is 0.507 e. The number of nitro groups is 1. The summed E-state index contributed by atoms with van der Waals surface area (Å²) >= 11 is 7.23. The van der Waals surface area contributed by atoms with E-state index in [-0.39, 0.29) is 17.0 Å². The number of non-ortho nitro benzene ring substituents is 1. The Bertz CT molecular complexity index is 1590. The summed E-state index contributed by atoms with van der Waals surface area (Å²) in [6.45, 7) is 3.88. The number of rotatable bonds is 4. The van der Waals surface area contributed by atoms with E-state index in [1.807, 2.05) is 26.0 Å². The number of hydrogen-bond donors (Lipinski definition) is 1. The van der Waals surface area contributed by atoms with Gasteiger partial charge in [-0.15, -0.1) is 0 Å². The van der Waals surface area contributed by atoms with Crippen LogP contribution in [0.4, 0.5) is 10.8 Å². The molecule has 1 saturated heterocycles. The Hall–Kier alpha value is -4.08. The first-order valence-corrected chi connectivity index (χ1v) is 12.0. The maximum atomic E-state index is 13.4. The molecule has 8 nitrogen and oxygen atoms in total. The highest BCUT2D eigenvalue weighted by Crippen LogP contribution is 2.45. The molecule has 0 unspecified atom stereocenters. The number of thiazole rings is 1. The Morgan fingerprint density at radius 3 is 2.39 bits per heavy atom. The van der Waals surface area contributed by atoms with Crippen molar-refractivity contribution in [2.24, 2.45) is 0 Å². The molecule has 4 aromatic rings. The molecular weight excluding hydrogens is 502 g/mol. The summed E-state index contributed by atoms with van der Waals surface area (Å²) in [5.41, 5.74) is 3.12. The van der Waals surface area contributed by atoms with E-state index >= 15 is 0 Å². The molecule has 180 valence electrons. The van der Waals surface area contributed by atoms with E-state index in [2.05, 4.69) is 4.98 Å². The zero-order chi connectivity index (χ0) is 25.7. The van der Waals surface area contributed by atoms with Crippen LogP contribution in [0.15, 0.2) is 66.2 Å². The molecular formula is C26H18ClN3O5S. The number of aliphatic hydroxyl groups excluding tert-OH is 1. The molecule has 1 fully saturated rings. The van der Waals surface area contributed by atoms with Crippen molar-refractivity contribution in [1.29, 1.82) is 0 Å². The van der Waals surface area contributed by atoms with Crippen molar-refractivity contribution >= 4 is 61.4 Å². The number of aliphatic hydroxyl groups is 1. The summed E-state index contributed by atoms with van der Waals surface area (Å²) in [5.74, 6) is -2.09. The third-order valence-electron chi connectivity index (χ3n) is 6.01. The van der Waals surface area contributed by atoms with E-state index in [1.54, 1.807) is 24.3 Å². The maximum Gasteiger partial charge on any atom is 0.301 e. The highest BCUT2D eigenvalue weighted by molar-refractivity contribution is 7.22. The van der Waals surface area contributed by atoms with Crippen LogP contribution in [0.25, 0.3) is 16.0 Å². The SMILES string of the molecule is Cc1cc(C)c2nc(N3C(=O)C(=O)/C(=C(/O)c4ccc(Cl)cc4)[C@@H]3c3ccc([N+](=O)[O-])cc3)sc2c1. The van der Waals surface area contributed by atoms with E-state index in [4.69, 9.17) is 11.6 Å². The second-order valence-corrected chi connectivity index (χ2v) is 9.90. The van der Waals surface area contributed by atoms with Crippen molar-refractivity contribution in [2.75, 3.05) is 4.90 Å². The van der Waals surface area contributed by atoms with E-state index < -0.39 is 22.7 Å². The van der Waals surface area contributed by atoms with E-state index in [0.29, 0.717) is 26.8 Å². The zero-order valence-corrected chi connectivity index (χ0v) is 20.6. The zero-order valence-electron chi connectivity index (χ0n) is 19.1. The molecule has 36 heavy (non-hydrogen) atoms. The fraction of sp³-hybridized carbons (Fsp3) is 0.115. The van der Waals surface area contributed by atoms with Gasteiger partial charge in [-0.2, -0.15) is 0 Å². The Morgan fingerprint density at radius 1 is 1.08 bits per heavy atom. The molecule has 0 aliphatic carbocycles. The lowest BCUT2D eigenvalue weighted by Gasteiger charge is -2.22. The van der Waals surface area contributed by atoms with Crippen LogP contribution in [-0.4, -0.2) is 26.7 Å². The van der Waals surface area contributed by atoms with Crippen LogP contribution in [0.3, 0.4) is 0 Å². The molecule has 1 amide bonds. The number of carbonyl (C=O) groups is 2. The van der Waals surface area contributed by atoms with Crippen molar-refractivity contribution in [3.05, 3.63) is 104 Å². The number of benzene rings is 3. The normalized spacial score (nSPS) is 17.2. The number of hydrogen-bond acceptors (Lipinski definition) is 7. The molecule has 0 spiro atoms. The van der Waals surface area contributed by atoms with Crippen LogP contribution in [0.2, 0.25) is 5.02 Å². The average Bonchev–Trinajstić information content (AvgIpc) is 3.38. The predicted octanol–water partition coefficient (Wildman–Crippen LogP) is 6.10. The van der Waals surface area contributed by atoms with Crippen molar-refractivity contribution < 1.29 is 19.6 Å². The van der Waals surface area contributed by atoms with Crippen LogP contribution in [0, 0.1) is 24.0 Å². The Balaban J connectivity index is 1.73. The number of nitrogens with zero attached hydrogens (tertiary/aromatic N) is 3. The second-order valence-electron chi connectivity index (χ2n) is 8.45. The number of aryl methyl sites for hydroxylation is 2. The first-order chi connectivity index (χ1) is 17.2. The molecule has 2 heterocycles. The molecule has 0 radical (unpaired) electrons. The van der Waals surface area contributed by atoms with Crippen LogP contribution >= 0.6 is 22.9 Å². The smallest absolute Gasteiger partial charge is 0.301 e. The number of aromatic nitrogens is 1. The first kappa shape index (κ1) is 23.7. The quantitative estimate of drug-likeness (QED) is 0.114. The number of amides is 1. The van der Waals surface area contributed by atoms with E-state index in [1.165, 1.54) is 40.5 Å². The number of Topliss-reactive ketones (excluding diaryl/α,β-unsaturated/α-hetero) is 1. The Morgan fingerprint density at radius 2 is 1.75 bits per heavy atom. The third kappa shape index (κ3) is 3.92. The average molecular weight is 520 g/mol. The van der Waals surface area contributed by atoms with Crippen LogP contribution < -0.4 is 4.90 Å². The van der Waals surface area contributed by atoms with Crippen LogP contribution in [0.1, 0.15) is 28.3 Å². The molecule has 3 aromatic carbocycles. The number of halogens is 1. The summed E-state index contributed by atoms with van der Waals surface area (Å²) in [7, 11) is 0. The maximum absolute atomic E-state index is 13.4. The van der Waals surface area contributed by atoms with Crippen molar-refractivity contribution in [3.63, 3.8) is 0 Å². The monoisotopic (exact) mass is 519 g/mol. The fourth-order valence-corrected chi connectivity index (χ4v) is 5.64. The highest BCUT2D eigenvalue weighted by Gasteiger charge is 2.48. The van der Waals surface area contributed by atoms with E-state index in [0.717, 1.165) is 15.8 Å². The molecule has 5 rings (SSSR count). The summed E-state index contributed by atoms with van der Waals surface area (Å²) in [6.07, 6.45) is 0. The highest BCUT2D eigenvalue weighted by atomic mass is 35.5. The molecule has 0 bridgehead atoms. The standard InChI is InChI=1S/C26H18ClN3O5S/c1-13-11-14(2)21-19(12-13)36-26(28-21)29-22(15-5-9-18(10-6-15)30(34)35)20(24(32)25(29)33)23(31)16-3-7-17(27)8-4-16/h3-12,22,31H,1-2H3/b23-20+/t22-/m0/s1. The van der Waals surface area contributed by atoms with Crippen LogP contribution in [0.5, 0.6) is 0 Å². The summed E-state index contributed by atoms with van der Waals surface area (Å²) in [4.78, 5) is 43.2. The lowest BCUT2D eigenvalue weighted by molar-refractivity contribution is -0.384. The molecule has 1 aromatic heterocycles. The van der Waals surface area contributed by atoms with Gasteiger partial charge in [0.15, 0.2) is 5.13 Å². The molecule has 10 heteroatoms. The third-order valence-corrected chi connectivity index (χ3v) is 7.26. The molecule has 1 atom stereocenters. The molecule has 1 aliphatic heterocycles. The number of anilines is 1. The lowest BCUT2D eigenvalue weighted by Crippen LogP contribution is -2.29. The van der Waals surface area contributed by atoms with Gasteiger partial charge in [-0.3, -0.25) is 24.6 Å². The van der Waals surface area contributed by atoms with Crippen molar-refractivity contribution in [2.45, 2.75) is 19.9 Å². The van der Waals surface area contributed by atoms with Gasteiger partial charge < -0.3 is 5.11 Å². The molecule has 1 aliphatic rings. The van der Waals surface area contributed by atoms with Gasteiger partial charge in [-0.25, -0.2) is 4.98 Å². The van der Waals surface area contributed by atoms with Crippen molar-refractivity contribution in [3.8, 4) is 0 Å². The van der Waals surface area contributed by atoms with Gasteiger partial charge in [0, 0.05) is 22.7 Å². The van der Waals surface area contributed by atoms with Gasteiger partial charge in [-0.05, 0) is 73.0 Å². The summed E-state index contributed by atoms with van der Waals surface area (Å²) < 4.78 is 0.851. The van der Waals surface area contributed by atoms with E-state index in [9.17, 15) is 24.8 Å². The van der Waals surface area contributed by atoms with Crippen molar-refractivity contribution in [1.82, 2.24) is 4.98 Å². The van der Waals surface area contributed by atoms with Gasteiger partial charge in [0.05, 0.1) is 26.8 Å². The number of carbonyl (C=O) groups excluding carboxylic acids is 2. The summed E-state index contributed by atoms with van der Waals surface area (Å²) in [6, 6.07) is 14.6. The van der Waals surface area contributed by atoms with Gasteiger partial charge >= 0.3 is 5.91 Å². The number of nitro benzene ring substituents is 1. The Labute approximate surface area is 214 Å². The minimum Gasteiger partial charge on any atom is -0.507 e. The van der Waals surface area contributed by atoms with Gasteiger partial charge in [0.25, 0.3) is 11.5 Å². The number of fused-ring (bicyclic) bond motifs is 1. The fourth-order valence-electron chi connectivity index (χ4n) is 4.35. The number of ketones is 1. The summed E-state index contributed by atoms with van der Waals surface area (Å²) in [5, 5.41) is 23.1. The minimum absolute atomic E-state index is 0.136.